The molecule has 1 heterocycles. The first-order valence-electron chi connectivity index (χ1n) is 7.37. The lowest BCUT2D eigenvalue weighted by atomic mass is 10.0. The number of ketones is 1. The molecule has 0 radical (unpaired) electrons. The molecule has 0 amide bonds. The van der Waals surface area contributed by atoms with Gasteiger partial charge in [0.2, 0.25) is 0 Å². The maximum Gasteiger partial charge on any atom is 0.195 e. The Kier molecular flexibility index (Phi) is 3.48. The standard InChI is InChI=1S/C20H13NOS/c22-19(14-8-3-1-4-9-14)16-12-7-13-17-18(16)21-20(23-17)15-10-5-2-6-11-15/h1-13H. The van der Waals surface area contributed by atoms with E-state index in [4.69, 9.17) is 4.98 Å². The molecule has 2 nitrogen and oxygen atoms in total. The molecule has 23 heavy (non-hydrogen) atoms. The molecular formula is C20H13NOS. The molecule has 1 aromatic heterocycles. The Balaban J connectivity index is 1.85. The van der Waals surface area contributed by atoms with Crippen LogP contribution in [0.2, 0.25) is 0 Å². The van der Waals surface area contributed by atoms with Crippen LogP contribution in [-0.2, 0) is 0 Å². The van der Waals surface area contributed by atoms with Crippen LogP contribution in [0.15, 0.2) is 78.9 Å². The van der Waals surface area contributed by atoms with Gasteiger partial charge in [-0.1, -0.05) is 66.7 Å². The summed E-state index contributed by atoms with van der Waals surface area (Å²) < 4.78 is 1.03. The Labute approximate surface area is 138 Å². The molecule has 0 fully saturated rings. The van der Waals surface area contributed by atoms with Gasteiger partial charge in [0.25, 0.3) is 0 Å². The van der Waals surface area contributed by atoms with Crippen LogP contribution in [0.5, 0.6) is 0 Å². The SMILES string of the molecule is O=C(c1ccccc1)c1cccc2sc(-c3ccccc3)nc12. The first-order chi connectivity index (χ1) is 11.3. The van der Waals surface area contributed by atoms with Crippen molar-refractivity contribution in [1.29, 1.82) is 0 Å². The molecule has 0 N–H and O–H groups in total. The summed E-state index contributed by atoms with van der Waals surface area (Å²) in [7, 11) is 0. The van der Waals surface area contributed by atoms with Gasteiger partial charge in [-0.25, -0.2) is 4.98 Å². The number of carbonyl (C=O) groups is 1. The smallest absolute Gasteiger partial charge is 0.195 e. The van der Waals surface area contributed by atoms with Crippen LogP contribution in [0.3, 0.4) is 0 Å². The van der Waals surface area contributed by atoms with Gasteiger partial charge >= 0.3 is 0 Å². The van der Waals surface area contributed by atoms with Crippen LogP contribution in [0.1, 0.15) is 15.9 Å². The zero-order valence-electron chi connectivity index (χ0n) is 12.3. The molecule has 4 aromatic rings. The zero-order chi connectivity index (χ0) is 15.6. The van der Waals surface area contributed by atoms with E-state index >= 15 is 0 Å². The quantitative estimate of drug-likeness (QED) is 0.487. The fraction of sp³-hybridized carbons (Fsp3) is 0. The van der Waals surface area contributed by atoms with Crippen molar-refractivity contribution >= 4 is 27.3 Å². The second-order valence-electron chi connectivity index (χ2n) is 5.23. The van der Waals surface area contributed by atoms with E-state index in [0.717, 1.165) is 20.8 Å². The molecule has 0 bridgehead atoms. The Morgan fingerprint density at radius 1 is 0.783 bits per heavy atom. The van der Waals surface area contributed by atoms with Gasteiger partial charge in [-0.2, -0.15) is 0 Å². The van der Waals surface area contributed by atoms with E-state index in [1.165, 1.54) is 0 Å². The minimum atomic E-state index is 0.0149. The second kappa shape index (κ2) is 5.78. The number of hydrogen-bond donors (Lipinski definition) is 0. The van der Waals surface area contributed by atoms with E-state index in [0.29, 0.717) is 11.1 Å². The fourth-order valence-electron chi connectivity index (χ4n) is 2.58. The van der Waals surface area contributed by atoms with Crippen molar-refractivity contribution in [3.8, 4) is 10.6 Å². The molecule has 0 aliphatic carbocycles. The molecule has 110 valence electrons. The highest BCUT2D eigenvalue weighted by molar-refractivity contribution is 7.21. The highest BCUT2D eigenvalue weighted by Crippen LogP contribution is 2.32. The highest BCUT2D eigenvalue weighted by Gasteiger charge is 2.16. The summed E-state index contributed by atoms with van der Waals surface area (Å²) in [6, 6.07) is 25.2. The molecule has 4 rings (SSSR count). The normalized spacial score (nSPS) is 10.8. The molecule has 0 atom stereocenters. The van der Waals surface area contributed by atoms with E-state index in [1.807, 2.05) is 78.9 Å². The Morgan fingerprint density at radius 3 is 2.22 bits per heavy atom. The zero-order valence-corrected chi connectivity index (χ0v) is 13.1. The van der Waals surface area contributed by atoms with Gasteiger partial charge < -0.3 is 0 Å². The van der Waals surface area contributed by atoms with Gasteiger partial charge in [0, 0.05) is 16.7 Å². The summed E-state index contributed by atoms with van der Waals surface area (Å²) in [6.45, 7) is 0. The van der Waals surface area contributed by atoms with Gasteiger partial charge in [-0.15, -0.1) is 11.3 Å². The lowest BCUT2D eigenvalue weighted by molar-refractivity contribution is 0.104. The van der Waals surface area contributed by atoms with Crippen molar-refractivity contribution in [2.24, 2.45) is 0 Å². The summed E-state index contributed by atoms with van der Waals surface area (Å²) in [5, 5.41) is 0.939. The number of thiazole rings is 1. The molecule has 0 aliphatic rings. The fourth-order valence-corrected chi connectivity index (χ4v) is 3.58. The van der Waals surface area contributed by atoms with Crippen molar-refractivity contribution < 1.29 is 4.79 Å². The van der Waals surface area contributed by atoms with E-state index in [-0.39, 0.29) is 5.78 Å². The molecule has 0 saturated heterocycles. The summed E-state index contributed by atoms with van der Waals surface area (Å²) in [6.07, 6.45) is 0. The van der Waals surface area contributed by atoms with Crippen LogP contribution in [-0.4, -0.2) is 10.8 Å². The summed E-state index contributed by atoms with van der Waals surface area (Å²) in [5.41, 5.74) is 3.21. The third kappa shape index (κ3) is 2.56. The number of para-hydroxylation sites is 1. The maximum atomic E-state index is 12.8. The Bertz CT molecular complexity index is 974. The maximum absolute atomic E-state index is 12.8. The highest BCUT2D eigenvalue weighted by atomic mass is 32.1. The molecule has 0 spiro atoms. The molecule has 0 unspecified atom stereocenters. The Hall–Kier alpha value is -2.78. The van der Waals surface area contributed by atoms with Gasteiger partial charge in [-0.05, 0) is 12.1 Å². The van der Waals surface area contributed by atoms with Gasteiger partial charge in [0.1, 0.15) is 5.01 Å². The van der Waals surface area contributed by atoms with Crippen molar-refractivity contribution in [2.75, 3.05) is 0 Å². The Morgan fingerprint density at radius 2 is 1.48 bits per heavy atom. The van der Waals surface area contributed by atoms with Crippen LogP contribution >= 0.6 is 11.3 Å². The van der Waals surface area contributed by atoms with E-state index < -0.39 is 0 Å². The first-order valence-corrected chi connectivity index (χ1v) is 8.19. The van der Waals surface area contributed by atoms with Crippen LogP contribution in [0.25, 0.3) is 20.8 Å². The molecule has 3 heteroatoms. The number of nitrogens with zero attached hydrogens (tertiary/aromatic N) is 1. The average molecular weight is 315 g/mol. The van der Waals surface area contributed by atoms with Gasteiger partial charge in [0.15, 0.2) is 5.78 Å². The molecular weight excluding hydrogens is 302 g/mol. The summed E-state index contributed by atoms with van der Waals surface area (Å²) in [4.78, 5) is 17.5. The van der Waals surface area contributed by atoms with Gasteiger partial charge in [0.05, 0.1) is 10.2 Å². The third-order valence-corrected chi connectivity index (χ3v) is 4.79. The van der Waals surface area contributed by atoms with E-state index in [9.17, 15) is 4.79 Å². The van der Waals surface area contributed by atoms with Crippen LogP contribution in [0.4, 0.5) is 0 Å². The van der Waals surface area contributed by atoms with E-state index in [1.54, 1.807) is 11.3 Å². The number of rotatable bonds is 3. The van der Waals surface area contributed by atoms with Crippen LogP contribution < -0.4 is 0 Å². The average Bonchev–Trinajstić information content (AvgIpc) is 3.07. The first kappa shape index (κ1) is 13.9. The molecule has 0 saturated carbocycles. The van der Waals surface area contributed by atoms with E-state index in [2.05, 4.69) is 0 Å². The number of carbonyl (C=O) groups excluding carboxylic acids is 1. The molecule has 3 aromatic carbocycles. The summed E-state index contributed by atoms with van der Waals surface area (Å²) in [5.74, 6) is 0.0149. The topological polar surface area (TPSA) is 30.0 Å². The summed E-state index contributed by atoms with van der Waals surface area (Å²) >= 11 is 1.61. The monoisotopic (exact) mass is 315 g/mol. The number of aromatic nitrogens is 1. The van der Waals surface area contributed by atoms with Gasteiger partial charge in [-0.3, -0.25) is 4.79 Å². The lowest BCUT2D eigenvalue weighted by Gasteiger charge is -2.01. The minimum absolute atomic E-state index is 0.0149. The third-order valence-electron chi connectivity index (χ3n) is 3.72. The minimum Gasteiger partial charge on any atom is -0.289 e. The van der Waals surface area contributed by atoms with Crippen molar-refractivity contribution in [2.45, 2.75) is 0 Å². The predicted octanol–water partition coefficient (Wildman–Crippen LogP) is 5.19. The second-order valence-corrected chi connectivity index (χ2v) is 6.26. The van der Waals surface area contributed by atoms with Crippen LogP contribution in [0, 0.1) is 0 Å². The molecule has 0 aliphatic heterocycles. The number of benzene rings is 3. The largest absolute Gasteiger partial charge is 0.289 e. The number of fused-ring (bicyclic) bond motifs is 1. The van der Waals surface area contributed by atoms with Crippen molar-refractivity contribution in [3.63, 3.8) is 0 Å². The lowest BCUT2D eigenvalue weighted by Crippen LogP contribution is -2.01. The van der Waals surface area contributed by atoms with Crippen molar-refractivity contribution in [3.05, 3.63) is 90.0 Å². The number of hydrogen-bond acceptors (Lipinski definition) is 3. The predicted molar refractivity (Wildman–Crippen MR) is 94.9 cm³/mol. The van der Waals surface area contributed by atoms with Crippen molar-refractivity contribution in [1.82, 2.24) is 4.98 Å².